The van der Waals surface area contributed by atoms with Crippen molar-refractivity contribution in [2.45, 2.75) is 63.7 Å². The highest BCUT2D eigenvalue weighted by Gasteiger charge is 2.33. The van der Waals surface area contributed by atoms with Gasteiger partial charge in [-0.3, -0.25) is 0 Å². The molecule has 0 saturated heterocycles. The van der Waals surface area contributed by atoms with Gasteiger partial charge in [0.1, 0.15) is 0 Å². The third-order valence-corrected chi connectivity index (χ3v) is 9.84. The van der Waals surface area contributed by atoms with Crippen molar-refractivity contribution in [1.82, 2.24) is 0 Å². The van der Waals surface area contributed by atoms with Crippen LogP contribution < -0.4 is 0 Å². The number of allylic oxidation sites excluding steroid dienone is 10. The lowest BCUT2D eigenvalue weighted by molar-refractivity contribution is 0.688. The lowest BCUT2D eigenvalue weighted by Gasteiger charge is -2.36. The van der Waals surface area contributed by atoms with E-state index in [1.165, 1.54) is 70.2 Å². The smallest absolute Gasteiger partial charge is 0.0104 e. The molecule has 3 aromatic rings. The molecular formula is C40H36. The standard InChI is InChI=1S/C40H36/c1-2-11-27(12-3-1)28-21-23-30(24-22-28)39-35-15-6-8-17-37(35)40(38-18-9-7-16-36(38)39)34-20-10-19-32-31-14-5-4-13-29(31)25-26-33(32)34/h1-3,5,8-12,14,17-19,21-24,34H,4,6-7,13,15-16,20,25-26H2. The predicted molar refractivity (Wildman–Crippen MR) is 170 cm³/mol. The van der Waals surface area contributed by atoms with Crippen LogP contribution in [0.2, 0.25) is 0 Å². The van der Waals surface area contributed by atoms with Crippen molar-refractivity contribution in [3.05, 3.63) is 141 Å². The van der Waals surface area contributed by atoms with Gasteiger partial charge in [-0.05, 0) is 119 Å². The summed E-state index contributed by atoms with van der Waals surface area (Å²) in [4.78, 5) is 0. The molecule has 0 nitrogen and oxygen atoms in total. The second-order valence-electron chi connectivity index (χ2n) is 12.0. The molecule has 5 aliphatic carbocycles. The van der Waals surface area contributed by atoms with Crippen LogP contribution in [0.25, 0.3) is 34.4 Å². The zero-order valence-electron chi connectivity index (χ0n) is 23.3. The third-order valence-electron chi connectivity index (χ3n) is 9.84. The van der Waals surface area contributed by atoms with E-state index >= 15 is 0 Å². The summed E-state index contributed by atoms with van der Waals surface area (Å²) in [5.41, 5.74) is 19.8. The molecule has 1 atom stereocenters. The van der Waals surface area contributed by atoms with E-state index in [1.807, 2.05) is 0 Å². The molecule has 0 saturated carbocycles. The molecule has 0 radical (unpaired) electrons. The Balaban J connectivity index is 1.31. The van der Waals surface area contributed by atoms with E-state index in [4.69, 9.17) is 0 Å². The summed E-state index contributed by atoms with van der Waals surface area (Å²) in [6, 6.07) is 20.2. The molecular weight excluding hydrogens is 480 g/mol. The Morgan fingerprint density at radius 2 is 1.12 bits per heavy atom. The second-order valence-corrected chi connectivity index (χ2v) is 12.0. The van der Waals surface area contributed by atoms with Gasteiger partial charge in [0.2, 0.25) is 0 Å². The van der Waals surface area contributed by atoms with Gasteiger partial charge in [-0.1, -0.05) is 114 Å². The molecule has 0 N–H and O–H groups in total. The topological polar surface area (TPSA) is 0 Å². The van der Waals surface area contributed by atoms with E-state index in [-0.39, 0.29) is 0 Å². The predicted octanol–water partition coefficient (Wildman–Crippen LogP) is 10.7. The minimum absolute atomic E-state index is 0.479. The molecule has 0 bridgehead atoms. The zero-order valence-corrected chi connectivity index (χ0v) is 23.3. The average molecular weight is 517 g/mol. The number of fused-ring (bicyclic) bond motifs is 3. The number of benzene rings is 3. The third kappa shape index (κ3) is 3.88. The normalized spacial score (nSPS) is 20.8. The molecule has 196 valence electrons. The maximum Gasteiger partial charge on any atom is 0.0104 e. The van der Waals surface area contributed by atoms with Gasteiger partial charge in [0, 0.05) is 5.92 Å². The molecule has 8 rings (SSSR count). The Morgan fingerprint density at radius 3 is 1.88 bits per heavy atom. The maximum absolute atomic E-state index is 2.48. The van der Waals surface area contributed by atoms with E-state index < -0.39 is 0 Å². The van der Waals surface area contributed by atoms with Crippen LogP contribution in [0, 0.1) is 0 Å². The molecule has 0 aromatic heterocycles. The highest BCUT2D eigenvalue weighted by atomic mass is 14.4. The Morgan fingerprint density at radius 1 is 0.500 bits per heavy atom. The van der Waals surface area contributed by atoms with Crippen molar-refractivity contribution >= 4 is 12.2 Å². The molecule has 0 spiro atoms. The van der Waals surface area contributed by atoms with Gasteiger partial charge in [0.25, 0.3) is 0 Å². The minimum atomic E-state index is 0.479. The lowest BCUT2D eigenvalue weighted by Crippen LogP contribution is -2.19. The highest BCUT2D eigenvalue weighted by molar-refractivity contribution is 5.86. The molecule has 40 heavy (non-hydrogen) atoms. The summed E-state index contributed by atoms with van der Waals surface area (Å²) < 4.78 is 0. The van der Waals surface area contributed by atoms with Crippen molar-refractivity contribution in [3.63, 3.8) is 0 Å². The van der Waals surface area contributed by atoms with Crippen LogP contribution in [0.15, 0.2) is 113 Å². The van der Waals surface area contributed by atoms with Crippen molar-refractivity contribution in [2.75, 3.05) is 0 Å². The van der Waals surface area contributed by atoms with E-state index in [1.54, 1.807) is 27.8 Å². The highest BCUT2D eigenvalue weighted by Crippen LogP contribution is 2.51. The molecule has 1 unspecified atom stereocenters. The van der Waals surface area contributed by atoms with Gasteiger partial charge in [0.05, 0.1) is 0 Å². The quantitative estimate of drug-likeness (QED) is 0.325. The number of hydrogen-bond donors (Lipinski definition) is 0. The fourth-order valence-electron chi connectivity index (χ4n) is 8.02. The van der Waals surface area contributed by atoms with Crippen LogP contribution in [0.1, 0.15) is 78.7 Å². The Labute approximate surface area is 238 Å². The van der Waals surface area contributed by atoms with Gasteiger partial charge < -0.3 is 0 Å². The van der Waals surface area contributed by atoms with Crippen LogP contribution >= 0.6 is 0 Å². The van der Waals surface area contributed by atoms with Crippen LogP contribution in [-0.4, -0.2) is 0 Å². The van der Waals surface area contributed by atoms with Crippen LogP contribution in [0.5, 0.6) is 0 Å². The van der Waals surface area contributed by atoms with Crippen molar-refractivity contribution in [2.24, 2.45) is 0 Å². The SMILES string of the molecule is C1=CC2=C(CC1)CCC1=C2C=CCC1c1c2c(c(-c3ccc(-c4ccccc4)cc3)c3c1C=CCC3)CCC=C2. The number of rotatable bonds is 3. The molecule has 0 heterocycles. The van der Waals surface area contributed by atoms with Gasteiger partial charge in [-0.25, -0.2) is 0 Å². The fourth-order valence-corrected chi connectivity index (χ4v) is 8.02. The molecule has 0 fully saturated rings. The maximum atomic E-state index is 2.48. The Hall–Kier alpha value is -3.90. The summed E-state index contributed by atoms with van der Waals surface area (Å²) in [6.45, 7) is 0. The zero-order chi connectivity index (χ0) is 26.5. The van der Waals surface area contributed by atoms with Gasteiger partial charge in [-0.2, -0.15) is 0 Å². The summed E-state index contributed by atoms with van der Waals surface area (Å²) >= 11 is 0. The Kier molecular flexibility index (Phi) is 5.95. The molecule has 3 aromatic carbocycles. The Bertz CT molecular complexity index is 1640. The summed E-state index contributed by atoms with van der Waals surface area (Å²) in [5, 5.41) is 0. The van der Waals surface area contributed by atoms with Crippen LogP contribution in [-0.2, 0) is 12.8 Å². The monoisotopic (exact) mass is 516 g/mol. The van der Waals surface area contributed by atoms with E-state index in [0.29, 0.717) is 5.92 Å². The van der Waals surface area contributed by atoms with Crippen molar-refractivity contribution in [3.8, 4) is 22.3 Å². The van der Waals surface area contributed by atoms with Crippen molar-refractivity contribution < 1.29 is 0 Å². The first kappa shape index (κ1) is 23.9. The fraction of sp³-hybridized carbons (Fsp3) is 0.250. The minimum Gasteiger partial charge on any atom is -0.0836 e. The molecule has 0 amide bonds. The van der Waals surface area contributed by atoms with E-state index in [9.17, 15) is 0 Å². The van der Waals surface area contributed by atoms with Gasteiger partial charge in [0.15, 0.2) is 0 Å². The average Bonchev–Trinajstić information content (AvgIpc) is 3.04. The first-order chi connectivity index (χ1) is 19.9. The lowest BCUT2D eigenvalue weighted by atomic mass is 9.68. The summed E-state index contributed by atoms with van der Waals surface area (Å²) in [7, 11) is 0. The van der Waals surface area contributed by atoms with E-state index in [0.717, 1.165) is 32.1 Å². The first-order valence-corrected chi connectivity index (χ1v) is 15.4. The van der Waals surface area contributed by atoms with Crippen molar-refractivity contribution in [1.29, 1.82) is 0 Å². The second kappa shape index (κ2) is 9.93. The van der Waals surface area contributed by atoms with Crippen LogP contribution in [0.3, 0.4) is 0 Å². The first-order valence-electron chi connectivity index (χ1n) is 15.4. The summed E-state index contributed by atoms with van der Waals surface area (Å²) in [5.74, 6) is 0.479. The van der Waals surface area contributed by atoms with Gasteiger partial charge in [-0.15, -0.1) is 0 Å². The molecule has 0 aliphatic heterocycles. The molecule has 5 aliphatic rings. The number of hydrogen-bond acceptors (Lipinski definition) is 0. The van der Waals surface area contributed by atoms with E-state index in [2.05, 4.69) is 103 Å². The molecule has 0 heteroatoms. The van der Waals surface area contributed by atoms with Gasteiger partial charge >= 0.3 is 0 Å². The summed E-state index contributed by atoms with van der Waals surface area (Å²) in [6.07, 6.45) is 30.1. The largest absolute Gasteiger partial charge is 0.0836 e. The van der Waals surface area contributed by atoms with Crippen LogP contribution in [0.4, 0.5) is 0 Å².